The number of aromatic nitrogens is 1. The monoisotopic (exact) mass is 396 g/mol. The van der Waals surface area contributed by atoms with E-state index in [2.05, 4.69) is 25.9 Å². The van der Waals surface area contributed by atoms with Crippen LogP contribution in [0.1, 0.15) is 11.1 Å². The predicted molar refractivity (Wildman–Crippen MR) is 89.0 cm³/mol. The van der Waals surface area contributed by atoms with Gasteiger partial charge in [-0.3, -0.25) is 4.98 Å². The average molecular weight is 398 g/mol. The smallest absolute Gasteiger partial charge is 0.363 e. The van der Waals surface area contributed by atoms with Gasteiger partial charge in [-0.15, -0.1) is 0 Å². The number of esters is 1. The van der Waals surface area contributed by atoms with Gasteiger partial charge in [-0.1, -0.05) is 29.3 Å². The molecule has 7 heteroatoms. The van der Waals surface area contributed by atoms with E-state index in [1.807, 2.05) is 0 Å². The highest BCUT2D eigenvalue weighted by molar-refractivity contribution is 9.10. The van der Waals surface area contributed by atoms with Crippen molar-refractivity contribution in [3.05, 3.63) is 68.0 Å². The first-order chi connectivity index (χ1) is 10.5. The van der Waals surface area contributed by atoms with Crippen molar-refractivity contribution in [2.45, 2.75) is 0 Å². The Hall–Kier alpha value is -1.69. The highest BCUT2D eigenvalue weighted by Gasteiger charge is 2.24. The summed E-state index contributed by atoms with van der Waals surface area (Å²) in [5.41, 5.74) is 1.41. The van der Waals surface area contributed by atoms with Crippen LogP contribution in [-0.4, -0.2) is 16.9 Å². The lowest BCUT2D eigenvalue weighted by atomic mass is 10.2. The van der Waals surface area contributed by atoms with E-state index in [1.165, 1.54) is 0 Å². The summed E-state index contributed by atoms with van der Waals surface area (Å²) in [6.45, 7) is 0. The van der Waals surface area contributed by atoms with Gasteiger partial charge in [0.05, 0.1) is 5.56 Å². The molecule has 0 bridgehead atoms. The molecular weight excluding hydrogens is 391 g/mol. The second-order valence-corrected chi connectivity index (χ2v) is 6.15. The molecule has 1 aliphatic heterocycles. The predicted octanol–water partition coefficient (Wildman–Crippen LogP) is 4.50. The second kappa shape index (κ2) is 6.20. The largest absolute Gasteiger partial charge is 0.402 e. The van der Waals surface area contributed by atoms with Crippen molar-refractivity contribution in [1.29, 1.82) is 0 Å². The third-order valence-electron chi connectivity index (χ3n) is 2.83. The number of aliphatic imine (C=N–C) groups is 1. The molecule has 3 rings (SSSR count). The Balaban J connectivity index is 1.97. The molecule has 0 amide bonds. The zero-order chi connectivity index (χ0) is 15.7. The number of pyridine rings is 1. The van der Waals surface area contributed by atoms with E-state index in [-0.39, 0.29) is 11.6 Å². The summed E-state index contributed by atoms with van der Waals surface area (Å²) in [5, 5.41) is 0.950. The molecule has 0 unspecified atom stereocenters. The quantitative estimate of drug-likeness (QED) is 0.553. The summed E-state index contributed by atoms with van der Waals surface area (Å²) in [4.78, 5) is 20.1. The van der Waals surface area contributed by atoms with Crippen LogP contribution in [0.3, 0.4) is 0 Å². The van der Waals surface area contributed by atoms with Gasteiger partial charge in [-0.2, -0.15) is 0 Å². The topological polar surface area (TPSA) is 51.5 Å². The van der Waals surface area contributed by atoms with E-state index in [9.17, 15) is 4.79 Å². The molecule has 0 spiro atoms. The zero-order valence-electron chi connectivity index (χ0n) is 10.9. The number of benzene rings is 1. The average Bonchev–Trinajstić information content (AvgIpc) is 2.83. The number of carbonyl (C=O) groups is 1. The van der Waals surface area contributed by atoms with Gasteiger partial charge in [0.1, 0.15) is 0 Å². The first-order valence-corrected chi connectivity index (χ1v) is 7.66. The SMILES string of the molecule is O=C1OC(c2cncc(Br)c2)=N/C1=C\c1ccc(Cl)cc1Cl. The number of hydrogen-bond donors (Lipinski definition) is 0. The fourth-order valence-corrected chi connectivity index (χ4v) is 2.66. The molecule has 22 heavy (non-hydrogen) atoms. The van der Waals surface area contributed by atoms with Gasteiger partial charge < -0.3 is 4.74 Å². The summed E-state index contributed by atoms with van der Waals surface area (Å²) in [6, 6.07) is 6.75. The Morgan fingerprint density at radius 1 is 1.18 bits per heavy atom. The molecule has 0 saturated carbocycles. The van der Waals surface area contributed by atoms with E-state index in [0.717, 1.165) is 4.47 Å². The molecule has 2 aromatic rings. The van der Waals surface area contributed by atoms with Gasteiger partial charge in [0.2, 0.25) is 5.90 Å². The highest BCUT2D eigenvalue weighted by atomic mass is 79.9. The summed E-state index contributed by atoms with van der Waals surface area (Å²) in [6.07, 6.45) is 4.75. The maximum atomic E-state index is 11.9. The number of ether oxygens (including phenoxy) is 1. The minimum atomic E-state index is -0.541. The van der Waals surface area contributed by atoms with Crippen molar-refractivity contribution in [2.24, 2.45) is 4.99 Å². The Morgan fingerprint density at radius 2 is 2.00 bits per heavy atom. The summed E-state index contributed by atoms with van der Waals surface area (Å²) < 4.78 is 5.93. The highest BCUT2D eigenvalue weighted by Crippen LogP contribution is 2.26. The van der Waals surface area contributed by atoms with Crippen LogP contribution in [0.5, 0.6) is 0 Å². The number of carbonyl (C=O) groups excluding carboxylic acids is 1. The first kappa shape index (κ1) is 15.2. The summed E-state index contributed by atoms with van der Waals surface area (Å²) in [5.74, 6) is -0.337. The number of nitrogens with zero attached hydrogens (tertiary/aromatic N) is 2. The lowest BCUT2D eigenvalue weighted by Crippen LogP contribution is -2.05. The summed E-state index contributed by atoms with van der Waals surface area (Å²) >= 11 is 15.2. The Morgan fingerprint density at radius 3 is 2.73 bits per heavy atom. The van der Waals surface area contributed by atoms with Crippen molar-refractivity contribution in [3.63, 3.8) is 0 Å². The maximum absolute atomic E-state index is 11.9. The Kier molecular flexibility index (Phi) is 4.29. The minimum Gasteiger partial charge on any atom is -0.402 e. The van der Waals surface area contributed by atoms with Gasteiger partial charge in [-0.25, -0.2) is 9.79 Å². The molecule has 0 radical (unpaired) electrons. The number of hydrogen-bond acceptors (Lipinski definition) is 4. The Bertz CT molecular complexity index is 834. The number of rotatable bonds is 2. The molecule has 4 nitrogen and oxygen atoms in total. The van der Waals surface area contributed by atoms with Gasteiger partial charge in [-0.05, 0) is 45.8 Å². The van der Waals surface area contributed by atoms with Crippen LogP contribution in [0.2, 0.25) is 10.0 Å². The van der Waals surface area contributed by atoms with E-state index in [1.54, 1.807) is 42.7 Å². The van der Waals surface area contributed by atoms with Crippen LogP contribution >= 0.6 is 39.1 Å². The van der Waals surface area contributed by atoms with Crippen molar-refractivity contribution >= 4 is 57.1 Å². The standard InChI is InChI=1S/C15H7BrCl2N2O2/c16-10-3-9(6-19-7-10)14-20-13(15(21)22-14)4-8-1-2-11(17)5-12(8)18/h1-7H/b13-4-. The van der Waals surface area contributed by atoms with E-state index < -0.39 is 5.97 Å². The molecule has 0 saturated heterocycles. The molecule has 2 heterocycles. The molecule has 1 aromatic carbocycles. The van der Waals surface area contributed by atoms with Gasteiger partial charge in [0.25, 0.3) is 0 Å². The molecular formula is C15H7BrCl2N2O2. The number of cyclic esters (lactones) is 1. The number of halogens is 3. The molecule has 0 atom stereocenters. The van der Waals surface area contributed by atoms with E-state index in [4.69, 9.17) is 27.9 Å². The fourth-order valence-electron chi connectivity index (χ4n) is 1.83. The molecule has 0 fully saturated rings. The van der Waals surface area contributed by atoms with Gasteiger partial charge in [0.15, 0.2) is 5.70 Å². The van der Waals surface area contributed by atoms with Crippen LogP contribution in [-0.2, 0) is 9.53 Å². The third-order valence-corrected chi connectivity index (χ3v) is 3.82. The van der Waals surface area contributed by atoms with Crippen molar-refractivity contribution < 1.29 is 9.53 Å². The van der Waals surface area contributed by atoms with Crippen molar-refractivity contribution in [2.75, 3.05) is 0 Å². The van der Waals surface area contributed by atoms with Gasteiger partial charge >= 0.3 is 5.97 Å². The fraction of sp³-hybridized carbons (Fsp3) is 0. The van der Waals surface area contributed by atoms with Crippen molar-refractivity contribution in [1.82, 2.24) is 4.98 Å². The van der Waals surface area contributed by atoms with E-state index in [0.29, 0.717) is 21.2 Å². The summed E-state index contributed by atoms with van der Waals surface area (Å²) in [7, 11) is 0. The van der Waals surface area contributed by atoms with Gasteiger partial charge in [0, 0.05) is 26.9 Å². The van der Waals surface area contributed by atoms with Crippen LogP contribution < -0.4 is 0 Å². The molecule has 1 aliphatic rings. The Labute approximate surface area is 144 Å². The van der Waals surface area contributed by atoms with Crippen LogP contribution in [0.15, 0.2) is 51.8 Å². The maximum Gasteiger partial charge on any atom is 0.363 e. The molecule has 110 valence electrons. The lowest BCUT2D eigenvalue weighted by Gasteiger charge is -1.99. The van der Waals surface area contributed by atoms with E-state index >= 15 is 0 Å². The second-order valence-electron chi connectivity index (χ2n) is 4.39. The first-order valence-electron chi connectivity index (χ1n) is 6.11. The third kappa shape index (κ3) is 3.21. The lowest BCUT2D eigenvalue weighted by molar-refractivity contribution is -0.129. The molecule has 1 aromatic heterocycles. The van der Waals surface area contributed by atoms with Crippen LogP contribution in [0, 0.1) is 0 Å². The zero-order valence-corrected chi connectivity index (χ0v) is 14.0. The minimum absolute atomic E-state index is 0.166. The van der Waals surface area contributed by atoms with Crippen molar-refractivity contribution in [3.8, 4) is 0 Å². The molecule has 0 N–H and O–H groups in total. The van der Waals surface area contributed by atoms with Crippen LogP contribution in [0.25, 0.3) is 6.08 Å². The normalized spacial score (nSPS) is 15.9. The molecule has 0 aliphatic carbocycles. The van der Waals surface area contributed by atoms with Crippen LogP contribution in [0.4, 0.5) is 0 Å².